The van der Waals surface area contributed by atoms with Crippen LogP contribution in [0.3, 0.4) is 0 Å². The molecule has 0 spiro atoms. The number of nitrogens with one attached hydrogen (secondary N) is 2. The van der Waals surface area contributed by atoms with E-state index in [1.54, 1.807) is 6.20 Å². The van der Waals surface area contributed by atoms with E-state index in [0.717, 1.165) is 17.0 Å². The first-order chi connectivity index (χ1) is 11.1. The molecular formula is C18H23N3O2. The van der Waals surface area contributed by atoms with Crippen molar-refractivity contribution in [2.75, 3.05) is 13.2 Å². The first-order valence-electron chi connectivity index (χ1n) is 7.68. The lowest BCUT2D eigenvalue weighted by Crippen LogP contribution is -2.37. The van der Waals surface area contributed by atoms with Crippen molar-refractivity contribution >= 4 is 6.03 Å². The lowest BCUT2D eigenvalue weighted by molar-refractivity contribution is 0.236. The van der Waals surface area contributed by atoms with Gasteiger partial charge in [0.25, 0.3) is 0 Å². The highest BCUT2D eigenvalue weighted by Crippen LogP contribution is 2.22. The number of aryl methyl sites for hydroxylation is 3. The largest absolute Gasteiger partial charge is 0.491 e. The fourth-order valence-electron chi connectivity index (χ4n) is 2.15. The average Bonchev–Trinajstić information content (AvgIpc) is 2.55. The number of ether oxygens (including phenoxy) is 1. The molecule has 0 fully saturated rings. The standard InChI is InChI=1S/C18H23N3O2/c1-13-10-15(3)17(11-14(13)2)23-9-8-20-18(22)21-12-16-6-4-5-7-19-16/h4-7,10-11H,8-9,12H2,1-3H3,(H2,20,21,22). The molecule has 0 aliphatic rings. The van der Waals surface area contributed by atoms with E-state index in [4.69, 9.17) is 4.74 Å². The van der Waals surface area contributed by atoms with Gasteiger partial charge in [-0.3, -0.25) is 4.98 Å². The second-order valence-electron chi connectivity index (χ2n) is 5.48. The van der Waals surface area contributed by atoms with Gasteiger partial charge in [0.15, 0.2) is 0 Å². The van der Waals surface area contributed by atoms with Crippen LogP contribution in [-0.2, 0) is 6.54 Å². The summed E-state index contributed by atoms with van der Waals surface area (Å²) in [6.07, 6.45) is 1.70. The number of amides is 2. The summed E-state index contributed by atoms with van der Waals surface area (Å²) < 4.78 is 5.73. The van der Waals surface area contributed by atoms with E-state index < -0.39 is 0 Å². The number of hydrogen-bond acceptors (Lipinski definition) is 3. The molecule has 0 unspecified atom stereocenters. The van der Waals surface area contributed by atoms with Gasteiger partial charge in [0.05, 0.1) is 18.8 Å². The SMILES string of the molecule is Cc1cc(C)c(OCCNC(=O)NCc2ccccn2)cc1C. The van der Waals surface area contributed by atoms with Crippen molar-refractivity contribution in [1.29, 1.82) is 0 Å². The number of benzene rings is 1. The summed E-state index contributed by atoms with van der Waals surface area (Å²) in [6, 6.07) is 9.52. The molecule has 122 valence electrons. The first kappa shape index (κ1) is 16.8. The highest BCUT2D eigenvalue weighted by Gasteiger charge is 2.04. The van der Waals surface area contributed by atoms with Crippen LogP contribution in [0.4, 0.5) is 4.79 Å². The zero-order valence-electron chi connectivity index (χ0n) is 13.8. The van der Waals surface area contributed by atoms with Crippen LogP contribution in [0.2, 0.25) is 0 Å². The minimum atomic E-state index is -0.226. The minimum absolute atomic E-state index is 0.226. The second kappa shape index (κ2) is 8.17. The van der Waals surface area contributed by atoms with Crippen LogP contribution in [0.1, 0.15) is 22.4 Å². The molecule has 0 saturated carbocycles. The Balaban J connectivity index is 1.69. The van der Waals surface area contributed by atoms with Gasteiger partial charge in [-0.2, -0.15) is 0 Å². The molecule has 23 heavy (non-hydrogen) atoms. The molecule has 1 aromatic heterocycles. The van der Waals surface area contributed by atoms with Gasteiger partial charge in [-0.25, -0.2) is 4.79 Å². The lowest BCUT2D eigenvalue weighted by atomic mass is 10.1. The van der Waals surface area contributed by atoms with Crippen LogP contribution in [-0.4, -0.2) is 24.2 Å². The van der Waals surface area contributed by atoms with Crippen molar-refractivity contribution in [3.8, 4) is 5.75 Å². The number of aromatic nitrogens is 1. The molecule has 5 heteroatoms. The summed E-state index contributed by atoms with van der Waals surface area (Å²) in [7, 11) is 0. The zero-order valence-corrected chi connectivity index (χ0v) is 13.8. The Morgan fingerprint density at radius 1 is 1.09 bits per heavy atom. The van der Waals surface area contributed by atoms with E-state index in [-0.39, 0.29) is 6.03 Å². The molecule has 0 atom stereocenters. The maximum absolute atomic E-state index is 11.7. The smallest absolute Gasteiger partial charge is 0.315 e. The Kier molecular flexibility index (Phi) is 5.97. The van der Waals surface area contributed by atoms with Crippen LogP contribution in [0.5, 0.6) is 5.75 Å². The summed E-state index contributed by atoms with van der Waals surface area (Å²) in [6.45, 7) is 7.45. The molecule has 0 radical (unpaired) electrons. The normalized spacial score (nSPS) is 10.2. The van der Waals surface area contributed by atoms with E-state index in [1.807, 2.05) is 31.2 Å². The molecule has 2 rings (SSSR count). The van der Waals surface area contributed by atoms with Gasteiger partial charge in [0, 0.05) is 6.20 Å². The van der Waals surface area contributed by atoms with Gasteiger partial charge >= 0.3 is 6.03 Å². The van der Waals surface area contributed by atoms with Crippen LogP contribution >= 0.6 is 0 Å². The van der Waals surface area contributed by atoms with Crippen LogP contribution in [0.25, 0.3) is 0 Å². The van der Waals surface area contributed by atoms with Crippen molar-refractivity contribution < 1.29 is 9.53 Å². The van der Waals surface area contributed by atoms with Crippen molar-refractivity contribution in [2.24, 2.45) is 0 Å². The van der Waals surface area contributed by atoms with Crippen molar-refractivity contribution in [1.82, 2.24) is 15.6 Å². The molecule has 2 N–H and O–H groups in total. The minimum Gasteiger partial charge on any atom is -0.491 e. The van der Waals surface area contributed by atoms with E-state index in [0.29, 0.717) is 19.7 Å². The number of nitrogens with zero attached hydrogens (tertiary/aromatic N) is 1. The van der Waals surface area contributed by atoms with Crippen LogP contribution < -0.4 is 15.4 Å². The summed E-state index contributed by atoms with van der Waals surface area (Å²) in [5.74, 6) is 0.865. The third-order valence-corrected chi connectivity index (χ3v) is 3.59. The molecule has 0 saturated heterocycles. The summed E-state index contributed by atoms with van der Waals surface area (Å²) >= 11 is 0. The Hall–Kier alpha value is -2.56. The monoisotopic (exact) mass is 313 g/mol. The van der Waals surface area contributed by atoms with Gasteiger partial charge in [-0.15, -0.1) is 0 Å². The Bertz CT molecular complexity index is 657. The number of carbonyl (C=O) groups excluding carboxylic acids is 1. The molecule has 2 aromatic rings. The topological polar surface area (TPSA) is 63.2 Å². The predicted molar refractivity (Wildman–Crippen MR) is 90.6 cm³/mol. The first-order valence-corrected chi connectivity index (χ1v) is 7.68. The number of urea groups is 1. The molecular weight excluding hydrogens is 290 g/mol. The number of hydrogen-bond donors (Lipinski definition) is 2. The average molecular weight is 313 g/mol. The maximum atomic E-state index is 11.7. The highest BCUT2D eigenvalue weighted by atomic mass is 16.5. The molecule has 0 bridgehead atoms. The molecule has 5 nitrogen and oxygen atoms in total. The van der Waals surface area contributed by atoms with E-state index in [2.05, 4.69) is 35.5 Å². The van der Waals surface area contributed by atoms with Gasteiger partial charge in [-0.05, 0) is 55.7 Å². The molecule has 0 aliphatic carbocycles. The van der Waals surface area contributed by atoms with E-state index in [9.17, 15) is 4.79 Å². The Morgan fingerprint density at radius 3 is 2.61 bits per heavy atom. The fraction of sp³-hybridized carbons (Fsp3) is 0.333. The van der Waals surface area contributed by atoms with E-state index in [1.165, 1.54) is 11.1 Å². The van der Waals surface area contributed by atoms with Crippen LogP contribution in [0.15, 0.2) is 36.5 Å². The molecule has 1 aromatic carbocycles. The van der Waals surface area contributed by atoms with Gasteiger partial charge in [0.1, 0.15) is 12.4 Å². The summed E-state index contributed by atoms with van der Waals surface area (Å²) in [5, 5.41) is 5.52. The summed E-state index contributed by atoms with van der Waals surface area (Å²) in [5.41, 5.74) is 4.38. The van der Waals surface area contributed by atoms with Crippen molar-refractivity contribution in [3.63, 3.8) is 0 Å². The maximum Gasteiger partial charge on any atom is 0.315 e. The third-order valence-electron chi connectivity index (χ3n) is 3.59. The second-order valence-corrected chi connectivity index (χ2v) is 5.48. The third kappa shape index (κ3) is 5.29. The van der Waals surface area contributed by atoms with Gasteiger partial charge in [-0.1, -0.05) is 12.1 Å². The number of rotatable bonds is 6. The predicted octanol–water partition coefficient (Wildman–Crippen LogP) is 2.89. The quantitative estimate of drug-likeness (QED) is 0.806. The lowest BCUT2D eigenvalue weighted by Gasteiger charge is -2.12. The highest BCUT2D eigenvalue weighted by molar-refractivity contribution is 5.73. The fourth-order valence-corrected chi connectivity index (χ4v) is 2.15. The van der Waals surface area contributed by atoms with E-state index >= 15 is 0 Å². The van der Waals surface area contributed by atoms with Gasteiger partial charge < -0.3 is 15.4 Å². The van der Waals surface area contributed by atoms with Crippen molar-refractivity contribution in [2.45, 2.75) is 27.3 Å². The molecule has 0 aliphatic heterocycles. The van der Waals surface area contributed by atoms with Gasteiger partial charge in [0.2, 0.25) is 0 Å². The molecule has 1 heterocycles. The van der Waals surface area contributed by atoms with Crippen molar-refractivity contribution in [3.05, 3.63) is 58.9 Å². The number of pyridine rings is 1. The zero-order chi connectivity index (χ0) is 16.7. The molecule has 2 amide bonds. The number of carbonyl (C=O) groups is 1. The summed E-state index contributed by atoms with van der Waals surface area (Å²) in [4.78, 5) is 15.8. The van der Waals surface area contributed by atoms with Crippen LogP contribution in [0, 0.1) is 20.8 Å². The Labute approximate surface area is 137 Å². The Morgan fingerprint density at radius 2 is 1.87 bits per heavy atom.